The molecule has 74 valence electrons. The second kappa shape index (κ2) is 2.57. The number of nitrogens with two attached hydrogens (primary N) is 1. The predicted molar refractivity (Wildman–Crippen MR) is 55.7 cm³/mol. The van der Waals surface area contributed by atoms with E-state index in [-0.39, 0.29) is 5.54 Å². The van der Waals surface area contributed by atoms with Gasteiger partial charge in [0.1, 0.15) is 0 Å². The van der Waals surface area contributed by atoms with Gasteiger partial charge in [-0.2, -0.15) is 0 Å². The first-order valence-corrected chi connectivity index (χ1v) is 5.44. The quantitative estimate of drug-likeness (QED) is 0.731. The van der Waals surface area contributed by atoms with Crippen LogP contribution >= 0.6 is 0 Å². The van der Waals surface area contributed by atoms with Gasteiger partial charge in [-0.3, -0.25) is 4.98 Å². The van der Waals surface area contributed by atoms with Crippen molar-refractivity contribution in [2.45, 2.75) is 31.7 Å². The number of rotatable bonds is 1. The SMILES string of the molecule is Cc1ccncc1C1(N)C2CCCC21. The van der Waals surface area contributed by atoms with Crippen LogP contribution in [0.2, 0.25) is 0 Å². The molecule has 3 rings (SSSR count). The first kappa shape index (κ1) is 8.42. The van der Waals surface area contributed by atoms with Gasteiger partial charge in [-0.1, -0.05) is 6.42 Å². The van der Waals surface area contributed by atoms with Gasteiger partial charge in [0, 0.05) is 17.9 Å². The van der Waals surface area contributed by atoms with Crippen molar-refractivity contribution in [3.8, 4) is 0 Å². The third kappa shape index (κ3) is 0.871. The molecular formula is C12H16N2. The molecule has 2 unspecified atom stereocenters. The molecule has 1 heterocycles. The van der Waals surface area contributed by atoms with E-state index < -0.39 is 0 Å². The normalized spacial score (nSPS) is 39.6. The molecular weight excluding hydrogens is 172 g/mol. The van der Waals surface area contributed by atoms with Crippen LogP contribution in [0.3, 0.4) is 0 Å². The summed E-state index contributed by atoms with van der Waals surface area (Å²) in [6.45, 7) is 2.14. The molecule has 14 heavy (non-hydrogen) atoms. The fourth-order valence-corrected chi connectivity index (χ4v) is 3.32. The highest BCUT2D eigenvalue weighted by atomic mass is 14.9. The van der Waals surface area contributed by atoms with E-state index in [0.717, 1.165) is 11.8 Å². The average Bonchev–Trinajstić information content (AvgIpc) is 2.63. The smallest absolute Gasteiger partial charge is 0.0491 e. The fourth-order valence-electron chi connectivity index (χ4n) is 3.32. The Morgan fingerprint density at radius 2 is 2.14 bits per heavy atom. The lowest BCUT2D eigenvalue weighted by atomic mass is 9.95. The molecule has 2 aliphatic carbocycles. The molecule has 0 aliphatic heterocycles. The first-order valence-electron chi connectivity index (χ1n) is 5.44. The lowest BCUT2D eigenvalue weighted by molar-refractivity contribution is 0.523. The zero-order chi connectivity index (χ0) is 9.76. The van der Waals surface area contributed by atoms with E-state index in [0.29, 0.717) is 0 Å². The summed E-state index contributed by atoms with van der Waals surface area (Å²) in [4.78, 5) is 4.20. The van der Waals surface area contributed by atoms with Crippen molar-refractivity contribution in [2.75, 3.05) is 0 Å². The Labute approximate surface area is 84.5 Å². The van der Waals surface area contributed by atoms with Crippen LogP contribution in [0.15, 0.2) is 18.5 Å². The minimum Gasteiger partial charge on any atom is -0.321 e. The van der Waals surface area contributed by atoms with E-state index in [1.54, 1.807) is 0 Å². The summed E-state index contributed by atoms with van der Waals surface area (Å²) in [6.07, 6.45) is 7.81. The van der Waals surface area contributed by atoms with Crippen LogP contribution in [0.5, 0.6) is 0 Å². The summed E-state index contributed by atoms with van der Waals surface area (Å²) < 4.78 is 0. The third-order valence-electron chi connectivity index (χ3n) is 4.14. The van der Waals surface area contributed by atoms with E-state index in [1.807, 2.05) is 12.4 Å². The highest BCUT2D eigenvalue weighted by molar-refractivity contribution is 5.39. The molecule has 1 aromatic rings. The minimum absolute atomic E-state index is 0.0173. The van der Waals surface area contributed by atoms with Crippen LogP contribution in [0.1, 0.15) is 30.4 Å². The molecule has 2 atom stereocenters. The van der Waals surface area contributed by atoms with Gasteiger partial charge in [-0.25, -0.2) is 0 Å². The van der Waals surface area contributed by atoms with Crippen molar-refractivity contribution in [1.29, 1.82) is 0 Å². The van der Waals surface area contributed by atoms with Crippen LogP contribution in [-0.4, -0.2) is 4.98 Å². The molecule has 0 radical (unpaired) electrons. The van der Waals surface area contributed by atoms with Gasteiger partial charge in [0.25, 0.3) is 0 Å². The van der Waals surface area contributed by atoms with Gasteiger partial charge >= 0.3 is 0 Å². The minimum atomic E-state index is -0.0173. The van der Waals surface area contributed by atoms with E-state index >= 15 is 0 Å². The molecule has 0 aromatic carbocycles. The largest absolute Gasteiger partial charge is 0.321 e. The van der Waals surface area contributed by atoms with E-state index in [2.05, 4.69) is 18.0 Å². The number of hydrogen-bond donors (Lipinski definition) is 1. The Bertz CT molecular complexity index is 362. The van der Waals surface area contributed by atoms with Gasteiger partial charge in [-0.05, 0) is 48.8 Å². The van der Waals surface area contributed by atoms with Gasteiger partial charge in [0.05, 0.1) is 0 Å². The summed E-state index contributed by atoms with van der Waals surface area (Å²) in [5.41, 5.74) is 9.05. The molecule has 0 spiro atoms. The van der Waals surface area contributed by atoms with E-state index in [9.17, 15) is 0 Å². The standard InChI is InChI=1S/C12H16N2/c1-8-5-6-14-7-11(8)12(13)9-3-2-4-10(9)12/h5-7,9-10H,2-4,13H2,1H3. The molecule has 2 saturated carbocycles. The second-order valence-corrected chi connectivity index (χ2v) is 4.77. The van der Waals surface area contributed by atoms with Crippen LogP contribution in [0, 0.1) is 18.8 Å². The Morgan fingerprint density at radius 1 is 1.43 bits per heavy atom. The molecule has 0 saturated heterocycles. The van der Waals surface area contributed by atoms with Gasteiger partial charge in [-0.15, -0.1) is 0 Å². The van der Waals surface area contributed by atoms with Gasteiger partial charge in [0.15, 0.2) is 0 Å². The maximum absolute atomic E-state index is 6.48. The van der Waals surface area contributed by atoms with Crippen LogP contribution in [0.4, 0.5) is 0 Å². The average molecular weight is 188 g/mol. The highest BCUT2D eigenvalue weighted by Crippen LogP contribution is 2.64. The Kier molecular flexibility index (Phi) is 1.55. The number of aromatic nitrogens is 1. The molecule has 0 amide bonds. The van der Waals surface area contributed by atoms with Crippen LogP contribution in [-0.2, 0) is 5.54 Å². The number of fused-ring (bicyclic) bond motifs is 1. The molecule has 2 N–H and O–H groups in total. The molecule has 2 aliphatic rings. The number of nitrogens with zero attached hydrogens (tertiary/aromatic N) is 1. The second-order valence-electron chi connectivity index (χ2n) is 4.77. The summed E-state index contributed by atoms with van der Waals surface area (Å²) in [7, 11) is 0. The maximum Gasteiger partial charge on any atom is 0.0491 e. The van der Waals surface area contributed by atoms with Crippen molar-refractivity contribution < 1.29 is 0 Å². The van der Waals surface area contributed by atoms with Crippen molar-refractivity contribution in [3.05, 3.63) is 29.6 Å². The zero-order valence-corrected chi connectivity index (χ0v) is 8.53. The molecule has 0 bridgehead atoms. The van der Waals surface area contributed by atoms with Gasteiger partial charge < -0.3 is 5.73 Å². The Morgan fingerprint density at radius 3 is 2.79 bits per heavy atom. The van der Waals surface area contributed by atoms with Crippen LogP contribution < -0.4 is 5.73 Å². The summed E-state index contributed by atoms with van der Waals surface area (Å²) in [6, 6.07) is 2.07. The van der Waals surface area contributed by atoms with Crippen molar-refractivity contribution in [3.63, 3.8) is 0 Å². The summed E-state index contributed by atoms with van der Waals surface area (Å²) in [5.74, 6) is 1.48. The Hall–Kier alpha value is -0.890. The van der Waals surface area contributed by atoms with Crippen molar-refractivity contribution in [2.24, 2.45) is 17.6 Å². The third-order valence-corrected chi connectivity index (χ3v) is 4.14. The van der Waals surface area contributed by atoms with E-state index in [1.165, 1.54) is 30.4 Å². The van der Waals surface area contributed by atoms with E-state index in [4.69, 9.17) is 5.73 Å². The summed E-state index contributed by atoms with van der Waals surface area (Å²) in [5, 5.41) is 0. The Balaban J connectivity index is 2.01. The fraction of sp³-hybridized carbons (Fsp3) is 0.583. The zero-order valence-electron chi connectivity index (χ0n) is 8.53. The number of hydrogen-bond acceptors (Lipinski definition) is 2. The van der Waals surface area contributed by atoms with Crippen molar-refractivity contribution in [1.82, 2.24) is 4.98 Å². The van der Waals surface area contributed by atoms with Crippen LogP contribution in [0.25, 0.3) is 0 Å². The summed E-state index contributed by atoms with van der Waals surface area (Å²) >= 11 is 0. The lowest BCUT2D eigenvalue weighted by Crippen LogP contribution is -2.26. The maximum atomic E-state index is 6.48. The molecule has 2 nitrogen and oxygen atoms in total. The topological polar surface area (TPSA) is 38.9 Å². The molecule has 2 heteroatoms. The van der Waals surface area contributed by atoms with Gasteiger partial charge in [0.2, 0.25) is 0 Å². The van der Waals surface area contributed by atoms with Crippen molar-refractivity contribution >= 4 is 0 Å². The monoisotopic (exact) mass is 188 g/mol. The first-order chi connectivity index (χ1) is 6.74. The lowest BCUT2D eigenvalue weighted by Gasteiger charge is -2.17. The molecule has 2 fully saturated rings. The number of aryl methyl sites for hydroxylation is 1. The number of pyridine rings is 1. The predicted octanol–water partition coefficient (Wildman–Crippen LogP) is 1.97. The highest BCUT2D eigenvalue weighted by Gasteiger charge is 2.64. The molecule has 1 aromatic heterocycles.